The van der Waals surface area contributed by atoms with E-state index in [9.17, 15) is 8.78 Å². The fraction of sp³-hybridized carbons (Fsp3) is 0.385. The minimum absolute atomic E-state index is 0.192. The molecule has 20 heavy (non-hydrogen) atoms. The molecule has 7 heteroatoms. The van der Waals surface area contributed by atoms with Gasteiger partial charge in [0.2, 0.25) is 0 Å². The van der Waals surface area contributed by atoms with E-state index in [2.05, 4.69) is 15.0 Å². The van der Waals surface area contributed by atoms with Crippen molar-refractivity contribution in [3.8, 4) is 0 Å². The van der Waals surface area contributed by atoms with Crippen LogP contribution < -0.4 is 11.3 Å². The van der Waals surface area contributed by atoms with Crippen molar-refractivity contribution in [2.24, 2.45) is 5.84 Å². The Labute approximate surface area is 120 Å². The lowest BCUT2D eigenvalue weighted by Gasteiger charge is -2.16. The summed E-state index contributed by atoms with van der Waals surface area (Å²) < 4.78 is 30.9. The largest absolute Gasteiger partial charge is 0.271 e. The number of nitrogens with zero attached hydrogens (tertiary/aromatic N) is 2. The Bertz CT molecular complexity index is 586. The third kappa shape index (κ3) is 3.00. The van der Waals surface area contributed by atoms with Crippen LogP contribution in [-0.4, -0.2) is 9.59 Å². The number of hydrogen-bond donors (Lipinski definition) is 2. The van der Waals surface area contributed by atoms with Gasteiger partial charge in [-0.15, -0.1) is 5.10 Å². The van der Waals surface area contributed by atoms with Gasteiger partial charge in [0.05, 0.1) is 16.6 Å². The van der Waals surface area contributed by atoms with Crippen LogP contribution in [0, 0.1) is 11.6 Å². The SMILES string of the molecule is CC(C)c1nnsc1C(Cc1cccc(F)c1F)NN. The highest BCUT2D eigenvalue weighted by Crippen LogP contribution is 2.29. The molecule has 2 aromatic rings. The van der Waals surface area contributed by atoms with Crippen molar-refractivity contribution in [2.45, 2.75) is 32.2 Å². The number of hydrazine groups is 1. The van der Waals surface area contributed by atoms with Crippen LogP contribution in [0.3, 0.4) is 0 Å². The number of rotatable bonds is 5. The summed E-state index contributed by atoms with van der Waals surface area (Å²) in [5.41, 5.74) is 3.74. The van der Waals surface area contributed by atoms with Gasteiger partial charge in [-0.2, -0.15) is 0 Å². The zero-order chi connectivity index (χ0) is 14.7. The van der Waals surface area contributed by atoms with Gasteiger partial charge >= 0.3 is 0 Å². The fourth-order valence-electron chi connectivity index (χ4n) is 2.00. The van der Waals surface area contributed by atoms with Gasteiger partial charge in [0, 0.05) is 0 Å². The molecule has 1 heterocycles. The van der Waals surface area contributed by atoms with Crippen molar-refractivity contribution in [3.05, 3.63) is 46.0 Å². The molecule has 1 atom stereocenters. The van der Waals surface area contributed by atoms with Crippen LogP contribution in [0.15, 0.2) is 18.2 Å². The lowest BCUT2D eigenvalue weighted by atomic mass is 10.00. The van der Waals surface area contributed by atoms with Crippen LogP contribution in [0.25, 0.3) is 0 Å². The maximum absolute atomic E-state index is 13.7. The Hall–Kier alpha value is -1.44. The van der Waals surface area contributed by atoms with Crippen LogP contribution in [0.1, 0.15) is 41.9 Å². The summed E-state index contributed by atoms with van der Waals surface area (Å²) >= 11 is 1.22. The van der Waals surface area contributed by atoms with Gasteiger partial charge in [-0.05, 0) is 35.5 Å². The van der Waals surface area contributed by atoms with Gasteiger partial charge in [0.15, 0.2) is 11.6 Å². The molecule has 0 spiro atoms. The van der Waals surface area contributed by atoms with Gasteiger partial charge in [-0.3, -0.25) is 11.3 Å². The smallest absolute Gasteiger partial charge is 0.162 e. The molecule has 0 aliphatic rings. The second kappa shape index (κ2) is 6.34. The molecule has 108 valence electrons. The van der Waals surface area contributed by atoms with E-state index >= 15 is 0 Å². The van der Waals surface area contributed by atoms with E-state index in [1.54, 1.807) is 6.07 Å². The van der Waals surface area contributed by atoms with E-state index in [1.165, 1.54) is 17.6 Å². The maximum Gasteiger partial charge on any atom is 0.162 e. The van der Waals surface area contributed by atoms with Crippen molar-refractivity contribution < 1.29 is 8.78 Å². The maximum atomic E-state index is 13.7. The molecule has 0 saturated carbocycles. The molecule has 0 aliphatic heterocycles. The van der Waals surface area contributed by atoms with E-state index in [0.717, 1.165) is 16.6 Å². The van der Waals surface area contributed by atoms with E-state index < -0.39 is 11.6 Å². The summed E-state index contributed by atoms with van der Waals surface area (Å²) in [5.74, 6) is 4.05. The average molecular weight is 298 g/mol. The first-order chi connectivity index (χ1) is 9.54. The monoisotopic (exact) mass is 298 g/mol. The molecule has 0 aliphatic carbocycles. The number of nitrogens with two attached hydrogens (primary N) is 1. The van der Waals surface area contributed by atoms with Gasteiger partial charge in [-0.25, -0.2) is 8.78 Å². The van der Waals surface area contributed by atoms with Crippen LogP contribution in [-0.2, 0) is 6.42 Å². The lowest BCUT2D eigenvalue weighted by molar-refractivity contribution is 0.481. The summed E-state index contributed by atoms with van der Waals surface area (Å²) in [6.45, 7) is 3.99. The van der Waals surface area contributed by atoms with Crippen LogP contribution in [0.2, 0.25) is 0 Å². The molecule has 0 bridgehead atoms. The zero-order valence-corrected chi connectivity index (χ0v) is 12.0. The summed E-state index contributed by atoms with van der Waals surface area (Å²) in [4.78, 5) is 0.853. The third-order valence-electron chi connectivity index (χ3n) is 3.06. The molecule has 1 aromatic carbocycles. The van der Waals surface area contributed by atoms with Crippen LogP contribution in [0.4, 0.5) is 8.78 Å². The standard InChI is InChI=1S/C13H16F2N4S/c1-7(2)12-13(20-19-18-12)10(17-16)6-8-4-3-5-9(14)11(8)15/h3-5,7,10,17H,6,16H2,1-2H3. The first-order valence-electron chi connectivity index (χ1n) is 6.25. The predicted octanol–water partition coefficient (Wildman–Crippen LogP) is 2.69. The van der Waals surface area contributed by atoms with Gasteiger partial charge in [0.25, 0.3) is 0 Å². The highest BCUT2D eigenvalue weighted by atomic mass is 32.1. The number of hydrogen-bond acceptors (Lipinski definition) is 5. The normalized spacial score (nSPS) is 12.9. The van der Waals surface area contributed by atoms with E-state index in [0.29, 0.717) is 0 Å². The van der Waals surface area contributed by atoms with Crippen molar-refractivity contribution >= 4 is 11.5 Å². The Kier molecular flexibility index (Phi) is 4.74. The van der Waals surface area contributed by atoms with Gasteiger partial charge in [0.1, 0.15) is 0 Å². The third-order valence-corrected chi connectivity index (χ3v) is 3.91. The zero-order valence-electron chi connectivity index (χ0n) is 11.2. The topological polar surface area (TPSA) is 63.8 Å². The summed E-state index contributed by atoms with van der Waals surface area (Å²) in [7, 11) is 0. The molecule has 0 radical (unpaired) electrons. The molecule has 0 amide bonds. The minimum atomic E-state index is -0.857. The molecular formula is C13H16F2N4S. The highest BCUT2D eigenvalue weighted by molar-refractivity contribution is 7.05. The highest BCUT2D eigenvalue weighted by Gasteiger charge is 2.22. The number of aromatic nitrogens is 2. The Morgan fingerprint density at radius 1 is 1.35 bits per heavy atom. The van der Waals surface area contributed by atoms with Crippen molar-refractivity contribution in [1.29, 1.82) is 0 Å². The summed E-state index contributed by atoms with van der Waals surface area (Å²) in [6.07, 6.45) is 0.240. The molecule has 0 saturated heterocycles. The average Bonchev–Trinajstić information content (AvgIpc) is 2.90. The molecule has 0 fully saturated rings. The van der Waals surface area contributed by atoms with E-state index in [1.807, 2.05) is 13.8 Å². The quantitative estimate of drug-likeness (QED) is 0.658. The molecule has 4 nitrogen and oxygen atoms in total. The molecule has 1 aromatic heterocycles. The number of nitrogens with one attached hydrogen (secondary N) is 1. The fourth-order valence-corrected chi connectivity index (χ4v) is 2.87. The molecule has 1 unspecified atom stereocenters. The Balaban J connectivity index is 2.29. The van der Waals surface area contributed by atoms with E-state index in [-0.39, 0.29) is 23.9 Å². The number of benzene rings is 1. The second-order valence-corrected chi connectivity index (χ2v) is 5.60. The second-order valence-electron chi connectivity index (χ2n) is 4.81. The molecule has 2 rings (SSSR count). The summed E-state index contributed by atoms with van der Waals surface area (Å²) in [5, 5.41) is 4.07. The van der Waals surface area contributed by atoms with E-state index in [4.69, 9.17) is 5.84 Å². The first-order valence-corrected chi connectivity index (χ1v) is 7.03. The summed E-state index contributed by atoms with van der Waals surface area (Å²) in [6, 6.07) is 3.78. The van der Waals surface area contributed by atoms with Crippen LogP contribution in [0.5, 0.6) is 0 Å². The first kappa shape index (κ1) is 15.0. The minimum Gasteiger partial charge on any atom is -0.271 e. The van der Waals surface area contributed by atoms with Crippen molar-refractivity contribution in [1.82, 2.24) is 15.0 Å². The van der Waals surface area contributed by atoms with Crippen molar-refractivity contribution in [3.63, 3.8) is 0 Å². The van der Waals surface area contributed by atoms with Crippen LogP contribution >= 0.6 is 11.5 Å². The van der Waals surface area contributed by atoms with Gasteiger partial charge in [-0.1, -0.05) is 30.5 Å². The van der Waals surface area contributed by atoms with Crippen molar-refractivity contribution in [2.75, 3.05) is 0 Å². The lowest BCUT2D eigenvalue weighted by Crippen LogP contribution is -2.30. The Morgan fingerprint density at radius 3 is 2.75 bits per heavy atom. The Morgan fingerprint density at radius 2 is 2.10 bits per heavy atom. The van der Waals surface area contributed by atoms with Gasteiger partial charge < -0.3 is 0 Å². The molecule has 3 N–H and O–H groups in total. The number of halogens is 2. The molecular weight excluding hydrogens is 282 g/mol. The predicted molar refractivity (Wildman–Crippen MR) is 74.1 cm³/mol.